The molecule has 0 bridgehead atoms. The number of fused-ring (bicyclic) bond motifs is 1. The van der Waals surface area contributed by atoms with Crippen LogP contribution in [0, 0.1) is 0 Å². The molecule has 0 unspecified atom stereocenters. The molecule has 0 aliphatic carbocycles. The predicted molar refractivity (Wildman–Crippen MR) is 93.4 cm³/mol. The first kappa shape index (κ1) is 15.7. The fourth-order valence-corrected chi connectivity index (χ4v) is 2.98. The van der Waals surface area contributed by atoms with Crippen LogP contribution in [-0.4, -0.2) is 24.9 Å². The quantitative estimate of drug-likeness (QED) is 0.896. The second-order valence-electron chi connectivity index (χ2n) is 5.50. The second kappa shape index (κ2) is 6.96. The topological polar surface area (TPSA) is 49.4 Å². The average molecular weight is 373 g/mol. The third kappa shape index (κ3) is 3.79. The van der Waals surface area contributed by atoms with Crippen LogP contribution in [0.5, 0.6) is 0 Å². The van der Waals surface area contributed by atoms with E-state index in [-0.39, 0.29) is 24.8 Å². The number of halogens is 1. The highest BCUT2D eigenvalue weighted by molar-refractivity contribution is 9.10. The number of carbonyl (C=O) groups is 2. The maximum Gasteiger partial charge on any atom is 0.246 e. The third-order valence-corrected chi connectivity index (χ3v) is 4.43. The Morgan fingerprint density at radius 1 is 1.09 bits per heavy atom. The molecule has 23 heavy (non-hydrogen) atoms. The number of carbonyl (C=O) groups excluding carboxylic acids is 2. The normalized spacial score (nSPS) is 12.8. The van der Waals surface area contributed by atoms with Crippen LogP contribution in [0.1, 0.15) is 11.1 Å². The van der Waals surface area contributed by atoms with E-state index in [0.717, 1.165) is 22.1 Å². The molecule has 0 saturated carbocycles. The van der Waals surface area contributed by atoms with Gasteiger partial charge in [0.1, 0.15) is 0 Å². The van der Waals surface area contributed by atoms with Gasteiger partial charge in [-0.25, -0.2) is 0 Å². The molecule has 1 heterocycles. The molecule has 0 aromatic heterocycles. The zero-order valence-electron chi connectivity index (χ0n) is 12.6. The van der Waals surface area contributed by atoms with Gasteiger partial charge in [0.2, 0.25) is 11.8 Å². The number of nitrogens with one attached hydrogen (secondary N) is 1. The van der Waals surface area contributed by atoms with Crippen molar-refractivity contribution < 1.29 is 9.59 Å². The number of hydrogen-bond acceptors (Lipinski definition) is 2. The lowest BCUT2D eigenvalue weighted by atomic mass is 10.1. The summed E-state index contributed by atoms with van der Waals surface area (Å²) < 4.78 is 0.976. The van der Waals surface area contributed by atoms with Gasteiger partial charge in [-0.15, -0.1) is 0 Å². The van der Waals surface area contributed by atoms with Gasteiger partial charge in [0.25, 0.3) is 0 Å². The van der Waals surface area contributed by atoms with Crippen molar-refractivity contribution in [1.29, 1.82) is 0 Å². The van der Waals surface area contributed by atoms with Crippen molar-refractivity contribution in [3.05, 3.63) is 64.1 Å². The smallest absolute Gasteiger partial charge is 0.246 e. The van der Waals surface area contributed by atoms with E-state index in [2.05, 4.69) is 21.2 Å². The minimum atomic E-state index is -0.145. The van der Waals surface area contributed by atoms with E-state index in [1.54, 1.807) is 4.90 Å². The zero-order chi connectivity index (χ0) is 16.2. The molecule has 5 heteroatoms. The molecule has 0 spiro atoms. The Morgan fingerprint density at radius 2 is 1.83 bits per heavy atom. The van der Waals surface area contributed by atoms with Gasteiger partial charge in [-0.05, 0) is 35.7 Å². The standard InChI is InChI=1S/C18H17BrN2O2/c19-15-7-5-13(6-8-15)11-17(22)20-12-18(23)21-10-9-14-3-1-2-4-16(14)21/h1-8H,9-12H2,(H,20,22). The SMILES string of the molecule is O=C(Cc1ccc(Br)cc1)NCC(=O)N1CCc2ccccc21. The first-order valence-electron chi connectivity index (χ1n) is 7.53. The number of amides is 2. The summed E-state index contributed by atoms with van der Waals surface area (Å²) in [4.78, 5) is 26.0. The van der Waals surface area contributed by atoms with Crippen LogP contribution in [-0.2, 0) is 22.4 Å². The summed E-state index contributed by atoms with van der Waals surface area (Å²) in [6, 6.07) is 15.5. The summed E-state index contributed by atoms with van der Waals surface area (Å²) in [6.07, 6.45) is 1.14. The number of rotatable bonds is 4. The van der Waals surface area contributed by atoms with Crippen molar-refractivity contribution in [2.24, 2.45) is 0 Å². The lowest BCUT2D eigenvalue weighted by Crippen LogP contribution is -2.39. The molecule has 0 radical (unpaired) electrons. The molecule has 3 rings (SSSR count). The first-order chi connectivity index (χ1) is 11.1. The molecular formula is C18H17BrN2O2. The molecule has 2 aromatic rings. The molecule has 0 saturated heterocycles. The molecule has 1 aliphatic heterocycles. The maximum atomic E-state index is 12.3. The Labute approximate surface area is 143 Å². The molecule has 2 amide bonds. The van der Waals surface area contributed by atoms with Crippen molar-refractivity contribution in [3.8, 4) is 0 Å². The molecule has 2 aromatic carbocycles. The molecule has 0 atom stereocenters. The van der Waals surface area contributed by atoms with E-state index in [4.69, 9.17) is 0 Å². The van der Waals surface area contributed by atoms with Crippen molar-refractivity contribution in [3.63, 3.8) is 0 Å². The van der Waals surface area contributed by atoms with Crippen molar-refractivity contribution in [1.82, 2.24) is 5.32 Å². The number of para-hydroxylation sites is 1. The van der Waals surface area contributed by atoms with E-state index < -0.39 is 0 Å². The summed E-state index contributed by atoms with van der Waals surface area (Å²) >= 11 is 3.36. The summed E-state index contributed by atoms with van der Waals surface area (Å²) in [5.41, 5.74) is 3.06. The summed E-state index contributed by atoms with van der Waals surface area (Å²) in [6.45, 7) is 0.713. The Bertz CT molecular complexity index is 728. The lowest BCUT2D eigenvalue weighted by molar-refractivity contribution is -0.124. The number of nitrogens with zero attached hydrogens (tertiary/aromatic N) is 1. The van der Waals surface area contributed by atoms with Crippen molar-refractivity contribution in [2.45, 2.75) is 12.8 Å². The first-order valence-corrected chi connectivity index (χ1v) is 8.32. The van der Waals surface area contributed by atoms with Gasteiger partial charge < -0.3 is 10.2 Å². The van der Waals surface area contributed by atoms with Crippen LogP contribution in [0.3, 0.4) is 0 Å². The largest absolute Gasteiger partial charge is 0.347 e. The molecule has 118 valence electrons. The summed E-state index contributed by atoms with van der Waals surface area (Å²) in [5.74, 6) is -0.215. The van der Waals surface area contributed by atoms with Crippen LogP contribution in [0.4, 0.5) is 5.69 Å². The molecule has 1 N–H and O–H groups in total. The van der Waals surface area contributed by atoms with Crippen LogP contribution >= 0.6 is 15.9 Å². The van der Waals surface area contributed by atoms with E-state index in [1.807, 2.05) is 48.5 Å². The van der Waals surface area contributed by atoms with Crippen LogP contribution in [0.15, 0.2) is 53.0 Å². The highest BCUT2D eigenvalue weighted by atomic mass is 79.9. The van der Waals surface area contributed by atoms with Crippen LogP contribution < -0.4 is 10.2 Å². The fraction of sp³-hybridized carbons (Fsp3) is 0.222. The van der Waals surface area contributed by atoms with Gasteiger partial charge in [0, 0.05) is 16.7 Å². The number of anilines is 1. The van der Waals surface area contributed by atoms with Crippen LogP contribution in [0.25, 0.3) is 0 Å². The van der Waals surface area contributed by atoms with E-state index >= 15 is 0 Å². The molecule has 0 fully saturated rings. The van der Waals surface area contributed by atoms with Gasteiger partial charge in [-0.1, -0.05) is 46.3 Å². The highest BCUT2D eigenvalue weighted by Crippen LogP contribution is 2.27. The third-order valence-electron chi connectivity index (χ3n) is 3.90. The number of hydrogen-bond donors (Lipinski definition) is 1. The van der Waals surface area contributed by atoms with Gasteiger partial charge in [0.05, 0.1) is 13.0 Å². The summed E-state index contributed by atoms with van der Waals surface area (Å²) in [5, 5.41) is 2.71. The minimum absolute atomic E-state index is 0.0314. The Hall–Kier alpha value is -2.14. The van der Waals surface area contributed by atoms with Crippen molar-refractivity contribution >= 4 is 33.4 Å². The molecular weight excluding hydrogens is 356 g/mol. The Kier molecular flexibility index (Phi) is 4.76. The highest BCUT2D eigenvalue weighted by Gasteiger charge is 2.24. The zero-order valence-corrected chi connectivity index (χ0v) is 14.2. The van der Waals surface area contributed by atoms with E-state index in [1.165, 1.54) is 5.56 Å². The Balaban J connectivity index is 1.53. The molecule has 4 nitrogen and oxygen atoms in total. The maximum absolute atomic E-state index is 12.3. The van der Waals surface area contributed by atoms with Gasteiger partial charge >= 0.3 is 0 Å². The minimum Gasteiger partial charge on any atom is -0.347 e. The van der Waals surface area contributed by atoms with Gasteiger partial charge in [-0.2, -0.15) is 0 Å². The van der Waals surface area contributed by atoms with Gasteiger partial charge in [-0.3, -0.25) is 9.59 Å². The van der Waals surface area contributed by atoms with E-state index in [0.29, 0.717) is 6.54 Å². The number of benzene rings is 2. The summed E-state index contributed by atoms with van der Waals surface area (Å²) in [7, 11) is 0. The molecule has 1 aliphatic rings. The predicted octanol–water partition coefficient (Wildman–Crippen LogP) is 2.70. The van der Waals surface area contributed by atoms with Crippen LogP contribution in [0.2, 0.25) is 0 Å². The average Bonchev–Trinajstić information content (AvgIpc) is 2.99. The lowest BCUT2D eigenvalue weighted by Gasteiger charge is -2.17. The van der Waals surface area contributed by atoms with E-state index in [9.17, 15) is 9.59 Å². The second-order valence-corrected chi connectivity index (χ2v) is 6.42. The monoisotopic (exact) mass is 372 g/mol. The van der Waals surface area contributed by atoms with Gasteiger partial charge in [0.15, 0.2) is 0 Å². The van der Waals surface area contributed by atoms with Crippen molar-refractivity contribution in [2.75, 3.05) is 18.0 Å². The Morgan fingerprint density at radius 3 is 2.61 bits per heavy atom. The fourth-order valence-electron chi connectivity index (χ4n) is 2.72.